The quantitative estimate of drug-likeness (QED) is 0.596. The highest BCUT2D eigenvalue weighted by atomic mass is 14.6. The summed E-state index contributed by atoms with van der Waals surface area (Å²) in [5.74, 6) is 0.801. The summed E-state index contributed by atoms with van der Waals surface area (Å²) in [6.07, 6.45) is 2.41. The minimum atomic E-state index is 0.380. The molecule has 1 heteroatoms. The Morgan fingerprint density at radius 1 is 1.38 bits per heavy atom. The molecule has 0 amide bonds. The van der Waals surface area contributed by atoms with Crippen LogP contribution in [0.4, 0.5) is 0 Å². The molecule has 2 N–H and O–H groups in total. The maximum Gasteiger partial charge on any atom is 0.00130 e. The van der Waals surface area contributed by atoms with E-state index in [0.29, 0.717) is 6.04 Å². The molecule has 0 aliphatic rings. The topological polar surface area (TPSA) is 26.0 Å². The van der Waals surface area contributed by atoms with E-state index in [2.05, 4.69) is 20.8 Å². The van der Waals surface area contributed by atoms with E-state index < -0.39 is 0 Å². The molecule has 1 nitrogen and oxygen atoms in total. The van der Waals surface area contributed by atoms with Gasteiger partial charge in [-0.15, -0.1) is 0 Å². The van der Waals surface area contributed by atoms with Gasteiger partial charge in [0.1, 0.15) is 0 Å². The Morgan fingerprint density at radius 2 is 1.88 bits per heavy atom. The molecule has 0 saturated heterocycles. The van der Waals surface area contributed by atoms with Crippen LogP contribution in [-0.4, -0.2) is 6.04 Å². The van der Waals surface area contributed by atoms with Gasteiger partial charge in [-0.1, -0.05) is 20.3 Å². The summed E-state index contributed by atoms with van der Waals surface area (Å²) in [6.45, 7) is 6.50. The summed E-state index contributed by atoms with van der Waals surface area (Å²) >= 11 is 0. The maximum absolute atomic E-state index is 5.57. The van der Waals surface area contributed by atoms with Crippen molar-refractivity contribution in [2.45, 2.75) is 39.7 Å². The normalized spacial score (nSPS) is 18.0. The van der Waals surface area contributed by atoms with Gasteiger partial charge >= 0.3 is 0 Å². The first kappa shape index (κ1) is 7.96. The Hall–Kier alpha value is -0.0400. The van der Waals surface area contributed by atoms with Crippen molar-refractivity contribution in [3.63, 3.8) is 0 Å². The molecule has 0 bridgehead atoms. The number of hydrogen-bond donors (Lipinski definition) is 1. The Kier molecular flexibility index (Phi) is 3.88. The van der Waals surface area contributed by atoms with Gasteiger partial charge in [0.05, 0.1) is 0 Å². The van der Waals surface area contributed by atoms with Crippen molar-refractivity contribution in [2.75, 3.05) is 0 Å². The van der Waals surface area contributed by atoms with E-state index in [1.165, 1.54) is 6.42 Å². The molecule has 0 aromatic carbocycles. The molecule has 0 unspecified atom stereocenters. The lowest BCUT2D eigenvalue weighted by Gasteiger charge is -2.09. The third-order valence-corrected chi connectivity index (χ3v) is 1.47. The average molecular weight is 115 g/mol. The molecule has 0 aliphatic carbocycles. The van der Waals surface area contributed by atoms with Crippen molar-refractivity contribution in [3.05, 3.63) is 0 Å². The highest BCUT2D eigenvalue weighted by Gasteiger charge is 2.00. The fraction of sp³-hybridized carbons (Fsp3) is 1.00. The fourth-order valence-electron chi connectivity index (χ4n) is 0.801. The molecule has 0 aromatic heterocycles. The van der Waals surface area contributed by atoms with Crippen molar-refractivity contribution >= 4 is 0 Å². The second kappa shape index (κ2) is 3.90. The van der Waals surface area contributed by atoms with E-state index in [-0.39, 0.29) is 0 Å². The lowest BCUT2D eigenvalue weighted by Crippen LogP contribution is -2.17. The molecule has 0 rings (SSSR count). The van der Waals surface area contributed by atoms with Crippen LogP contribution >= 0.6 is 0 Å². The van der Waals surface area contributed by atoms with E-state index in [1.54, 1.807) is 0 Å². The number of hydrogen-bond acceptors (Lipinski definition) is 1. The zero-order chi connectivity index (χ0) is 6.57. The molecule has 8 heavy (non-hydrogen) atoms. The lowest BCUT2D eigenvalue weighted by molar-refractivity contribution is 0.469. The van der Waals surface area contributed by atoms with Crippen LogP contribution in [0.1, 0.15) is 33.6 Å². The van der Waals surface area contributed by atoms with E-state index in [9.17, 15) is 0 Å². The predicted octanol–water partition coefficient (Wildman–Crippen LogP) is 1.77. The van der Waals surface area contributed by atoms with Crippen LogP contribution in [0.2, 0.25) is 0 Å². The molecule has 0 aliphatic heterocycles. The van der Waals surface area contributed by atoms with Gasteiger partial charge in [-0.2, -0.15) is 0 Å². The van der Waals surface area contributed by atoms with Gasteiger partial charge in [-0.3, -0.25) is 0 Å². The minimum Gasteiger partial charge on any atom is -0.328 e. The number of rotatable bonds is 3. The second-order valence-electron chi connectivity index (χ2n) is 2.73. The summed E-state index contributed by atoms with van der Waals surface area (Å²) in [6, 6.07) is 0.380. The van der Waals surface area contributed by atoms with Gasteiger partial charge in [0.25, 0.3) is 0 Å². The first-order valence-electron chi connectivity index (χ1n) is 3.42. The van der Waals surface area contributed by atoms with E-state index >= 15 is 0 Å². The minimum absolute atomic E-state index is 0.380. The Balaban J connectivity index is 3.10. The van der Waals surface area contributed by atoms with Gasteiger partial charge in [-0.25, -0.2) is 0 Å². The summed E-state index contributed by atoms with van der Waals surface area (Å²) in [7, 11) is 0. The Bertz CT molecular complexity index is 50.3. The average Bonchev–Trinajstić information content (AvgIpc) is 1.65. The zero-order valence-electron chi connectivity index (χ0n) is 6.15. The van der Waals surface area contributed by atoms with Gasteiger partial charge < -0.3 is 5.73 Å². The molecule has 0 spiro atoms. The van der Waals surface area contributed by atoms with Crippen LogP contribution in [-0.2, 0) is 0 Å². The highest BCUT2D eigenvalue weighted by Crippen LogP contribution is 2.07. The molecular weight excluding hydrogens is 98.1 g/mol. The maximum atomic E-state index is 5.57. The van der Waals surface area contributed by atoms with Crippen LogP contribution in [0, 0.1) is 5.92 Å². The first-order valence-corrected chi connectivity index (χ1v) is 3.42. The Morgan fingerprint density at radius 3 is 2.00 bits per heavy atom. The lowest BCUT2D eigenvalue weighted by atomic mass is 10.0. The van der Waals surface area contributed by atoms with Crippen LogP contribution in [0.15, 0.2) is 0 Å². The third-order valence-electron chi connectivity index (χ3n) is 1.47. The predicted molar refractivity (Wildman–Crippen MR) is 37.7 cm³/mol. The summed E-state index contributed by atoms with van der Waals surface area (Å²) < 4.78 is 0. The molecule has 50 valence electrons. The summed E-state index contributed by atoms with van der Waals surface area (Å²) in [4.78, 5) is 0. The molecule has 0 heterocycles. The molecule has 2 atom stereocenters. The van der Waals surface area contributed by atoms with Gasteiger partial charge in [-0.05, 0) is 19.3 Å². The van der Waals surface area contributed by atoms with E-state index in [1.807, 2.05) is 0 Å². The number of nitrogens with two attached hydrogens (primary N) is 1. The Labute approximate surface area is 52.3 Å². The van der Waals surface area contributed by atoms with Crippen LogP contribution < -0.4 is 5.73 Å². The molecular formula is C7H17N. The highest BCUT2D eigenvalue weighted by molar-refractivity contribution is 4.57. The van der Waals surface area contributed by atoms with Gasteiger partial charge in [0.15, 0.2) is 0 Å². The van der Waals surface area contributed by atoms with Crippen molar-refractivity contribution in [1.29, 1.82) is 0 Å². The summed E-state index contributed by atoms with van der Waals surface area (Å²) in [5, 5.41) is 0. The van der Waals surface area contributed by atoms with Crippen molar-refractivity contribution in [2.24, 2.45) is 11.7 Å². The smallest absolute Gasteiger partial charge is 0.00130 e. The van der Waals surface area contributed by atoms with Crippen molar-refractivity contribution in [1.82, 2.24) is 0 Å². The van der Waals surface area contributed by atoms with E-state index in [0.717, 1.165) is 12.3 Å². The zero-order valence-corrected chi connectivity index (χ0v) is 6.15. The van der Waals surface area contributed by atoms with Gasteiger partial charge in [0, 0.05) is 6.04 Å². The van der Waals surface area contributed by atoms with Crippen molar-refractivity contribution in [3.8, 4) is 0 Å². The standard InChI is InChI=1S/C7H17N/c1-4-6(2)5-7(3)8/h6-7H,4-5,8H2,1-3H3/t6-,7+/m0/s1. The summed E-state index contributed by atoms with van der Waals surface area (Å²) in [5.41, 5.74) is 5.57. The molecule has 0 fully saturated rings. The SMILES string of the molecule is CC[C@H](C)C[C@@H](C)N. The second-order valence-corrected chi connectivity index (χ2v) is 2.73. The van der Waals surface area contributed by atoms with Crippen LogP contribution in [0.3, 0.4) is 0 Å². The van der Waals surface area contributed by atoms with Crippen LogP contribution in [0.25, 0.3) is 0 Å². The van der Waals surface area contributed by atoms with Crippen LogP contribution in [0.5, 0.6) is 0 Å². The molecule has 0 aromatic rings. The third kappa shape index (κ3) is 4.13. The monoisotopic (exact) mass is 115 g/mol. The fourth-order valence-corrected chi connectivity index (χ4v) is 0.801. The first-order chi connectivity index (χ1) is 3.66. The largest absolute Gasteiger partial charge is 0.328 e. The van der Waals surface area contributed by atoms with Gasteiger partial charge in [0.2, 0.25) is 0 Å². The molecule has 0 radical (unpaired) electrons. The van der Waals surface area contributed by atoms with E-state index in [4.69, 9.17) is 5.73 Å². The van der Waals surface area contributed by atoms with Crippen molar-refractivity contribution < 1.29 is 0 Å². The molecule has 0 saturated carbocycles.